The molecular weight excluding hydrogens is 430 g/mol. The average Bonchev–Trinajstić information content (AvgIpc) is 3.02. The van der Waals surface area contributed by atoms with Gasteiger partial charge in [0.2, 0.25) is 0 Å². The van der Waals surface area contributed by atoms with Crippen molar-refractivity contribution >= 4 is 11.5 Å². The molecule has 0 aromatic heterocycles. The van der Waals surface area contributed by atoms with Crippen molar-refractivity contribution in [2.75, 3.05) is 5.73 Å². The Bertz CT molecular complexity index is 1190. The van der Waals surface area contributed by atoms with E-state index in [-0.39, 0.29) is 11.2 Å². The maximum Gasteiger partial charge on any atom is 0.167 e. The van der Waals surface area contributed by atoms with Crippen LogP contribution in [0.25, 0.3) is 0 Å². The number of anilines is 1. The molecule has 3 atom stereocenters. The number of carbonyl (C=O) groups is 1. The van der Waals surface area contributed by atoms with Gasteiger partial charge in [0.15, 0.2) is 5.78 Å². The molecule has 1 saturated carbocycles. The quantitative estimate of drug-likeness (QED) is 0.323. The van der Waals surface area contributed by atoms with Crippen LogP contribution in [0.4, 0.5) is 5.69 Å². The van der Waals surface area contributed by atoms with Gasteiger partial charge in [0, 0.05) is 23.1 Å². The Kier molecular flexibility index (Phi) is 6.55. The number of nitrogens with two attached hydrogens (primary N) is 1. The number of rotatable bonds is 6. The molecule has 3 nitrogen and oxygen atoms in total. The van der Waals surface area contributed by atoms with Crippen LogP contribution in [0.2, 0.25) is 0 Å². The van der Waals surface area contributed by atoms with Gasteiger partial charge in [0.25, 0.3) is 0 Å². The average molecular weight is 468 g/mol. The second-order valence-corrected chi connectivity index (χ2v) is 10.9. The van der Waals surface area contributed by atoms with Gasteiger partial charge >= 0.3 is 0 Å². The minimum atomic E-state index is -0.551. The van der Waals surface area contributed by atoms with E-state index in [1.54, 1.807) is 0 Å². The number of Topliss-reactive ketones (excluding diaryl/α,β-unsaturated/α-hetero) is 1. The number of hydrogen-bond donors (Lipinski definition) is 2. The largest absolute Gasteiger partial charge is 0.399 e. The van der Waals surface area contributed by atoms with E-state index in [2.05, 4.69) is 49.4 Å². The highest BCUT2D eigenvalue weighted by molar-refractivity contribution is 5.97. The molecule has 0 amide bonds. The van der Waals surface area contributed by atoms with Crippen molar-refractivity contribution in [1.29, 1.82) is 0 Å². The summed E-state index contributed by atoms with van der Waals surface area (Å²) in [5, 5.41) is 11.3. The Morgan fingerprint density at radius 2 is 1.77 bits per heavy atom. The van der Waals surface area contributed by atoms with Crippen LogP contribution in [-0.4, -0.2) is 16.5 Å². The fourth-order valence-electron chi connectivity index (χ4n) is 6.68. The molecule has 0 aliphatic heterocycles. The lowest BCUT2D eigenvalue weighted by molar-refractivity contribution is -0.0497. The lowest BCUT2D eigenvalue weighted by atomic mass is 9.55. The van der Waals surface area contributed by atoms with Crippen LogP contribution in [0.15, 0.2) is 72.8 Å². The highest BCUT2D eigenvalue weighted by atomic mass is 16.3. The summed E-state index contributed by atoms with van der Waals surface area (Å²) in [6, 6.07) is 24.9. The molecule has 0 heterocycles. The first kappa shape index (κ1) is 23.8. The van der Waals surface area contributed by atoms with Gasteiger partial charge in [-0.25, -0.2) is 0 Å². The summed E-state index contributed by atoms with van der Waals surface area (Å²) < 4.78 is 0. The molecule has 2 aliphatic rings. The second-order valence-electron chi connectivity index (χ2n) is 10.9. The minimum absolute atomic E-state index is 0.00706. The van der Waals surface area contributed by atoms with E-state index in [9.17, 15) is 9.90 Å². The van der Waals surface area contributed by atoms with Gasteiger partial charge < -0.3 is 10.8 Å². The number of aliphatic hydroxyl groups is 1. The van der Waals surface area contributed by atoms with Gasteiger partial charge in [-0.2, -0.15) is 0 Å². The van der Waals surface area contributed by atoms with E-state index in [0.29, 0.717) is 18.0 Å². The highest BCUT2D eigenvalue weighted by Gasteiger charge is 2.50. The summed E-state index contributed by atoms with van der Waals surface area (Å²) in [7, 11) is 0. The molecule has 0 unspecified atom stereocenters. The van der Waals surface area contributed by atoms with Gasteiger partial charge in [-0.3, -0.25) is 4.79 Å². The van der Waals surface area contributed by atoms with E-state index in [1.807, 2.05) is 30.3 Å². The lowest BCUT2D eigenvalue weighted by Crippen LogP contribution is -2.48. The molecule has 2 aliphatic carbocycles. The smallest absolute Gasteiger partial charge is 0.167 e. The zero-order chi connectivity index (χ0) is 24.5. The molecule has 35 heavy (non-hydrogen) atoms. The standard InChI is InChI=1S/C32H37NO2/c1-2-31(35)17-18-32(21-24-7-4-3-5-8-24)27(22-31)10-6-9-25-20-26(13-16-29(25)32)30(34)19-23-11-14-28(33)15-12-23/h3-5,7-8,11-16,20,27,35H,2,6,9-10,17-19,21-22,33H2,1H3/t27-,31+,32-/m0/s1. The lowest BCUT2D eigenvalue weighted by Gasteiger charge is -2.50. The number of nitrogen functional groups attached to an aromatic ring is 1. The summed E-state index contributed by atoms with van der Waals surface area (Å²) in [6.07, 6.45) is 8.11. The van der Waals surface area contributed by atoms with Crippen LogP contribution in [0, 0.1) is 5.92 Å². The Morgan fingerprint density at radius 1 is 1.00 bits per heavy atom. The zero-order valence-electron chi connectivity index (χ0n) is 20.8. The van der Waals surface area contributed by atoms with Crippen molar-refractivity contribution in [3.05, 3.63) is 101 Å². The molecular formula is C32H37NO2. The van der Waals surface area contributed by atoms with E-state index in [1.165, 1.54) is 16.7 Å². The molecule has 3 heteroatoms. The Balaban J connectivity index is 1.51. The van der Waals surface area contributed by atoms with Gasteiger partial charge in [-0.1, -0.05) is 61.5 Å². The SMILES string of the molecule is CC[C@@]1(O)CC[C@@]2(Cc3ccccc3)c3ccc(C(=O)Cc4ccc(N)cc4)cc3CCC[C@H]2C1. The summed E-state index contributed by atoms with van der Waals surface area (Å²) in [5.41, 5.74) is 11.9. The maximum atomic E-state index is 13.2. The fourth-order valence-corrected chi connectivity index (χ4v) is 6.68. The molecule has 0 spiro atoms. The van der Waals surface area contributed by atoms with E-state index in [4.69, 9.17) is 5.73 Å². The van der Waals surface area contributed by atoms with Gasteiger partial charge in [-0.05, 0) is 97.7 Å². The fraction of sp³-hybridized carbons (Fsp3) is 0.406. The van der Waals surface area contributed by atoms with Gasteiger partial charge in [-0.15, -0.1) is 0 Å². The first-order valence-corrected chi connectivity index (χ1v) is 13.2. The molecule has 3 aromatic carbocycles. The van der Waals surface area contributed by atoms with E-state index in [0.717, 1.165) is 62.5 Å². The van der Waals surface area contributed by atoms with Crippen molar-refractivity contribution in [3.63, 3.8) is 0 Å². The third-order valence-corrected chi connectivity index (χ3v) is 8.77. The molecule has 5 rings (SSSR count). The van der Waals surface area contributed by atoms with E-state index < -0.39 is 5.60 Å². The number of hydrogen-bond acceptors (Lipinski definition) is 3. The summed E-state index contributed by atoms with van der Waals surface area (Å²) >= 11 is 0. The molecule has 0 bridgehead atoms. The Labute approximate surface area is 209 Å². The van der Waals surface area contributed by atoms with Crippen molar-refractivity contribution in [2.45, 2.75) is 75.7 Å². The van der Waals surface area contributed by atoms with Crippen molar-refractivity contribution in [2.24, 2.45) is 5.92 Å². The topological polar surface area (TPSA) is 63.3 Å². The minimum Gasteiger partial charge on any atom is -0.399 e. The van der Waals surface area contributed by atoms with Crippen molar-refractivity contribution < 1.29 is 9.90 Å². The number of aryl methyl sites for hydroxylation is 1. The highest BCUT2D eigenvalue weighted by Crippen LogP contribution is 2.54. The Hall–Kier alpha value is -2.91. The molecule has 182 valence electrons. The summed E-state index contributed by atoms with van der Waals surface area (Å²) in [5.74, 6) is 0.596. The Morgan fingerprint density at radius 3 is 2.51 bits per heavy atom. The molecule has 3 N–H and O–H groups in total. The maximum absolute atomic E-state index is 13.2. The number of carbonyl (C=O) groups excluding carboxylic acids is 1. The first-order chi connectivity index (χ1) is 16.9. The van der Waals surface area contributed by atoms with Crippen LogP contribution >= 0.6 is 0 Å². The van der Waals surface area contributed by atoms with Crippen molar-refractivity contribution in [1.82, 2.24) is 0 Å². The van der Waals surface area contributed by atoms with Crippen LogP contribution in [0.3, 0.4) is 0 Å². The monoisotopic (exact) mass is 467 g/mol. The number of ketones is 1. The van der Waals surface area contributed by atoms with Crippen LogP contribution in [0.1, 0.15) is 78.1 Å². The molecule has 3 aromatic rings. The van der Waals surface area contributed by atoms with Crippen LogP contribution in [-0.2, 0) is 24.7 Å². The predicted octanol–water partition coefficient (Wildman–Crippen LogP) is 6.45. The zero-order valence-corrected chi connectivity index (χ0v) is 20.8. The predicted molar refractivity (Wildman–Crippen MR) is 143 cm³/mol. The first-order valence-electron chi connectivity index (χ1n) is 13.2. The molecule has 0 radical (unpaired) electrons. The number of fused-ring (bicyclic) bond motifs is 3. The summed E-state index contributed by atoms with van der Waals surface area (Å²) in [6.45, 7) is 2.12. The molecule has 1 fully saturated rings. The summed E-state index contributed by atoms with van der Waals surface area (Å²) in [4.78, 5) is 13.2. The third kappa shape index (κ3) is 4.79. The second kappa shape index (κ2) is 9.62. The number of benzene rings is 3. The van der Waals surface area contributed by atoms with Crippen LogP contribution in [0.5, 0.6) is 0 Å². The van der Waals surface area contributed by atoms with Gasteiger partial charge in [0.05, 0.1) is 5.60 Å². The van der Waals surface area contributed by atoms with Crippen LogP contribution < -0.4 is 5.73 Å². The van der Waals surface area contributed by atoms with E-state index >= 15 is 0 Å². The molecule has 0 saturated heterocycles. The third-order valence-electron chi connectivity index (χ3n) is 8.77. The normalized spacial score (nSPS) is 25.8. The van der Waals surface area contributed by atoms with Crippen molar-refractivity contribution in [3.8, 4) is 0 Å². The van der Waals surface area contributed by atoms with Gasteiger partial charge in [0.1, 0.15) is 0 Å².